The Morgan fingerprint density at radius 2 is 1.09 bits per heavy atom. The third kappa shape index (κ3) is 6.75. The summed E-state index contributed by atoms with van der Waals surface area (Å²) in [7, 11) is 3.79. The van der Waals surface area contributed by atoms with Gasteiger partial charge in [-0.1, -0.05) is 12.8 Å². The molecule has 0 N–H and O–H groups in total. The van der Waals surface area contributed by atoms with Crippen LogP contribution < -0.4 is 0 Å². The molecule has 2 aliphatic rings. The fourth-order valence-electron chi connectivity index (χ4n) is 2.38. The van der Waals surface area contributed by atoms with E-state index in [1.165, 1.54) is 0 Å². The molecule has 0 aromatic heterocycles. The summed E-state index contributed by atoms with van der Waals surface area (Å²) in [5.41, 5.74) is 0. The first-order chi connectivity index (χ1) is 10.6. The second kappa shape index (κ2) is 8.48. The van der Waals surface area contributed by atoms with E-state index in [1.807, 2.05) is 23.9 Å². The fraction of sp³-hybridized carbons (Fsp3) is 0.875. The summed E-state index contributed by atoms with van der Waals surface area (Å²) in [6.07, 6.45) is 4.34. The van der Waals surface area contributed by atoms with E-state index in [1.54, 1.807) is 0 Å². The molecule has 0 unspecified atom stereocenters. The molecule has 0 aliphatic carbocycles. The summed E-state index contributed by atoms with van der Waals surface area (Å²) < 4.78 is 0. The van der Waals surface area contributed by atoms with Gasteiger partial charge in [0.2, 0.25) is 11.8 Å². The largest absolute Gasteiger partial charge is 0.345 e. The van der Waals surface area contributed by atoms with Crippen molar-refractivity contribution in [3.8, 4) is 0 Å². The van der Waals surface area contributed by atoms with E-state index in [0.717, 1.165) is 65.0 Å². The van der Waals surface area contributed by atoms with Crippen LogP contribution in [-0.2, 0) is 9.59 Å². The zero-order valence-electron chi connectivity index (χ0n) is 14.1. The highest BCUT2D eigenvalue weighted by Crippen LogP contribution is 2.07. The minimum atomic E-state index is 0.234. The maximum absolute atomic E-state index is 11.8. The number of rotatable bonds is 11. The standard InChI is InChI=1S/C16H30N4O2/c1-17(15(21)13-19-9-10-19)7-5-3-4-6-8-18(2)16(22)14-20-11-12-20/h3-14H2,1-2H3. The third-order valence-corrected chi connectivity index (χ3v) is 4.39. The molecule has 0 atom stereocenters. The Morgan fingerprint density at radius 3 is 1.41 bits per heavy atom. The minimum Gasteiger partial charge on any atom is -0.345 e. The first-order valence-electron chi connectivity index (χ1n) is 8.49. The van der Waals surface area contributed by atoms with E-state index < -0.39 is 0 Å². The smallest absolute Gasteiger partial charge is 0.236 e. The number of carbonyl (C=O) groups is 2. The van der Waals surface area contributed by atoms with E-state index in [2.05, 4.69) is 9.80 Å². The zero-order valence-corrected chi connectivity index (χ0v) is 14.1. The molecule has 6 nitrogen and oxygen atoms in total. The normalized spacial score (nSPS) is 17.4. The zero-order chi connectivity index (χ0) is 15.9. The van der Waals surface area contributed by atoms with E-state index in [4.69, 9.17) is 0 Å². The molecule has 2 fully saturated rings. The lowest BCUT2D eigenvalue weighted by Crippen LogP contribution is -2.33. The molecule has 2 heterocycles. The van der Waals surface area contributed by atoms with Gasteiger partial charge in [-0.15, -0.1) is 0 Å². The Labute approximate surface area is 134 Å². The van der Waals surface area contributed by atoms with Gasteiger partial charge in [-0.2, -0.15) is 0 Å². The molecule has 2 saturated heterocycles. The van der Waals surface area contributed by atoms with Crippen molar-refractivity contribution in [2.24, 2.45) is 0 Å². The molecule has 0 radical (unpaired) electrons. The van der Waals surface area contributed by atoms with Crippen molar-refractivity contribution in [2.75, 3.05) is 66.5 Å². The van der Waals surface area contributed by atoms with Gasteiger partial charge in [-0.05, 0) is 12.8 Å². The summed E-state index contributed by atoms with van der Waals surface area (Å²) in [6.45, 7) is 7.15. The van der Waals surface area contributed by atoms with E-state index >= 15 is 0 Å². The monoisotopic (exact) mass is 310 g/mol. The van der Waals surface area contributed by atoms with Crippen LogP contribution in [0.15, 0.2) is 0 Å². The van der Waals surface area contributed by atoms with Gasteiger partial charge in [0.1, 0.15) is 0 Å². The quantitative estimate of drug-likeness (QED) is 0.401. The van der Waals surface area contributed by atoms with Crippen LogP contribution in [0.5, 0.6) is 0 Å². The van der Waals surface area contributed by atoms with Crippen molar-refractivity contribution in [3.05, 3.63) is 0 Å². The average Bonchev–Trinajstić information content (AvgIpc) is 3.38. The molecule has 22 heavy (non-hydrogen) atoms. The molecule has 126 valence electrons. The predicted octanol–water partition coefficient (Wildman–Crippen LogP) is 0.0948. The Morgan fingerprint density at radius 1 is 0.727 bits per heavy atom. The van der Waals surface area contributed by atoms with Crippen molar-refractivity contribution in [1.82, 2.24) is 19.6 Å². The maximum atomic E-state index is 11.8. The van der Waals surface area contributed by atoms with Crippen LogP contribution in [0, 0.1) is 0 Å². The van der Waals surface area contributed by atoms with Crippen molar-refractivity contribution in [2.45, 2.75) is 25.7 Å². The first-order valence-corrected chi connectivity index (χ1v) is 8.49. The molecule has 2 aliphatic heterocycles. The van der Waals surface area contributed by atoms with E-state index in [9.17, 15) is 9.59 Å². The number of hydrogen-bond acceptors (Lipinski definition) is 4. The summed E-state index contributed by atoms with van der Waals surface area (Å²) in [4.78, 5) is 31.6. The number of likely N-dealkylation sites (N-methyl/N-ethyl adjacent to an activating group) is 2. The highest BCUT2D eigenvalue weighted by atomic mass is 16.2. The molecule has 0 spiro atoms. The molecule has 2 amide bonds. The second-order valence-corrected chi connectivity index (χ2v) is 6.60. The summed E-state index contributed by atoms with van der Waals surface area (Å²) in [5.74, 6) is 0.468. The van der Waals surface area contributed by atoms with Crippen molar-refractivity contribution in [1.29, 1.82) is 0 Å². The number of unbranched alkanes of at least 4 members (excludes halogenated alkanes) is 3. The number of carbonyl (C=O) groups excluding carboxylic acids is 2. The number of hydrogen-bond donors (Lipinski definition) is 0. The first kappa shape index (κ1) is 17.2. The fourth-order valence-corrected chi connectivity index (χ4v) is 2.38. The number of nitrogens with zero attached hydrogens (tertiary/aromatic N) is 4. The van der Waals surface area contributed by atoms with Gasteiger partial charge in [0.25, 0.3) is 0 Å². The van der Waals surface area contributed by atoms with Crippen molar-refractivity contribution >= 4 is 11.8 Å². The van der Waals surface area contributed by atoms with Crippen LogP contribution >= 0.6 is 0 Å². The maximum Gasteiger partial charge on any atom is 0.236 e. The molecule has 0 saturated carbocycles. The van der Waals surface area contributed by atoms with Crippen LogP contribution in [0.2, 0.25) is 0 Å². The van der Waals surface area contributed by atoms with Crippen LogP contribution in [0.3, 0.4) is 0 Å². The highest BCUT2D eigenvalue weighted by Gasteiger charge is 2.22. The third-order valence-electron chi connectivity index (χ3n) is 4.39. The Hall–Kier alpha value is -1.14. The lowest BCUT2D eigenvalue weighted by Gasteiger charge is -2.18. The summed E-state index contributed by atoms with van der Waals surface area (Å²) >= 11 is 0. The van der Waals surface area contributed by atoms with Gasteiger partial charge >= 0.3 is 0 Å². The van der Waals surface area contributed by atoms with E-state index in [-0.39, 0.29) is 11.8 Å². The van der Waals surface area contributed by atoms with Gasteiger partial charge in [-0.25, -0.2) is 0 Å². The van der Waals surface area contributed by atoms with Crippen LogP contribution in [0.4, 0.5) is 0 Å². The molecular formula is C16H30N4O2. The average molecular weight is 310 g/mol. The van der Waals surface area contributed by atoms with E-state index in [0.29, 0.717) is 13.1 Å². The van der Waals surface area contributed by atoms with Crippen molar-refractivity contribution < 1.29 is 9.59 Å². The number of amides is 2. The lowest BCUT2D eigenvalue weighted by molar-refractivity contribution is -0.130. The predicted molar refractivity (Wildman–Crippen MR) is 86.6 cm³/mol. The Kier molecular flexibility index (Phi) is 6.64. The highest BCUT2D eigenvalue weighted by molar-refractivity contribution is 5.78. The van der Waals surface area contributed by atoms with Crippen molar-refractivity contribution in [3.63, 3.8) is 0 Å². The van der Waals surface area contributed by atoms with Crippen LogP contribution in [0.1, 0.15) is 25.7 Å². The molecule has 0 bridgehead atoms. The Bertz CT molecular complexity index is 344. The Balaban J connectivity index is 1.42. The molecule has 6 heteroatoms. The summed E-state index contributed by atoms with van der Waals surface area (Å²) in [5, 5.41) is 0. The lowest BCUT2D eigenvalue weighted by atomic mass is 10.2. The van der Waals surface area contributed by atoms with Gasteiger partial charge in [0.15, 0.2) is 0 Å². The second-order valence-electron chi connectivity index (χ2n) is 6.60. The van der Waals surface area contributed by atoms with Crippen LogP contribution in [0.25, 0.3) is 0 Å². The van der Waals surface area contributed by atoms with Gasteiger partial charge < -0.3 is 9.80 Å². The molecule has 2 rings (SSSR count). The minimum absolute atomic E-state index is 0.234. The SMILES string of the molecule is CN(CCCCCCN(C)C(=O)CN1CC1)C(=O)CN1CC1. The molecule has 0 aromatic rings. The molecular weight excluding hydrogens is 280 g/mol. The van der Waals surface area contributed by atoms with Gasteiger partial charge in [-0.3, -0.25) is 19.4 Å². The van der Waals surface area contributed by atoms with Gasteiger partial charge in [0.05, 0.1) is 13.1 Å². The summed E-state index contributed by atoms with van der Waals surface area (Å²) in [6, 6.07) is 0. The van der Waals surface area contributed by atoms with Gasteiger partial charge in [0, 0.05) is 53.4 Å². The van der Waals surface area contributed by atoms with Crippen LogP contribution in [-0.4, -0.2) is 97.9 Å². The topological polar surface area (TPSA) is 46.6 Å². The molecule has 0 aromatic carbocycles.